The second-order valence-corrected chi connectivity index (χ2v) is 8.24. The van der Waals surface area contributed by atoms with E-state index < -0.39 is 0 Å². The fourth-order valence-corrected chi connectivity index (χ4v) is 5.11. The van der Waals surface area contributed by atoms with Gasteiger partial charge >= 0.3 is 0 Å². The van der Waals surface area contributed by atoms with Gasteiger partial charge in [0.05, 0.1) is 0 Å². The first-order chi connectivity index (χ1) is 13.2. The molecule has 5 rings (SSSR count). The van der Waals surface area contributed by atoms with Crippen LogP contribution in [0.5, 0.6) is 5.75 Å². The summed E-state index contributed by atoms with van der Waals surface area (Å²) in [6.07, 6.45) is 6.00. The maximum absolute atomic E-state index is 6.53. The van der Waals surface area contributed by atoms with E-state index in [4.69, 9.17) is 4.74 Å². The Labute approximate surface area is 161 Å². The van der Waals surface area contributed by atoms with Crippen LogP contribution in [0, 0.1) is 0 Å². The van der Waals surface area contributed by atoms with E-state index in [1.165, 1.54) is 47.6 Å². The van der Waals surface area contributed by atoms with Crippen molar-refractivity contribution in [3.05, 3.63) is 77.9 Å². The van der Waals surface area contributed by atoms with Crippen molar-refractivity contribution in [2.75, 3.05) is 0 Å². The Balaban J connectivity index is 1.48. The van der Waals surface area contributed by atoms with Crippen LogP contribution in [0.1, 0.15) is 62.2 Å². The molecule has 1 saturated carbocycles. The zero-order valence-electron chi connectivity index (χ0n) is 15.9. The Hall–Kier alpha value is -2.32. The van der Waals surface area contributed by atoms with Crippen LogP contribution in [0.3, 0.4) is 0 Å². The molecular weight excluding hydrogens is 330 g/mol. The minimum atomic E-state index is 0.0322. The van der Waals surface area contributed by atoms with Crippen LogP contribution in [-0.2, 0) is 0 Å². The smallest absolute Gasteiger partial charge is 0.124 e. The summed E-state index contributed by atoms with van der Waals surface area (Å²) in [5.74, 6) is 1.08. The van der Waals surface area contributed by atoms with E-state index in [1.54, 1.807) is 0 Å². The van der Waals surface area contributed by atoms with E-state index in [1.807, 2.05) is 0 Å². The summed E-state index contributed by atoms with van der Waals surface area (Å²) < 4.78 is 6.53. The van der Waals surface area contributed by atoms with Crippen molar-refractivity contribution < 1.29 is 4.74 Å². The predicted octanol–water partition coefficient (Wildman–Crippen LogP) is 6.33. The molecule has 138 valence electrons. The average molecular weight is 357 g/mol. The van der Waals surface area contributed by atoms with Crippen LogP contribution < -0.4 is 10.1 Å². The molecule has 0 saturated heterocycles. The summed E-state index contributed by atoms with van der Waals surface area (Å²) in [7, 11) is 0. The molecule has 2 atom stereocenters. The molecule has 3 aromatic carbocycles. The molecule has 0 bridgehead atoms. The first kappa shape index (κ1) is 16.8. The molecule has 0 amide bonds. The van der Waals surface area contributed by atoms with Crippen molar-refractivity contribution in [2.24, 2.45) is 0 Å². The molecule has 1 aliphatic carbocycles. The quantitative estimate of drug-likeness (QED) is 0.591. The van der Waals surface area contributed by atoms with E-state index in [9.17, 15) is 0 Å². The van der Waals surface area contributed by atoms with Gasteiger partial charge in [0.1, 0.15) is 11.4 Å². The first-order valence-electron chi connectivity index (χ1n) is 10.3. The SMILES string of the molecule is CC(N[C@H]1CC2(CCCC2)Oc2ccccc21)c1cccc2ccccc12. The van der Waals surface area contributed by atoms with Gasteiger partial charge in [0, 0.05) is 24.1 Å². The normalized spacial score (nSPS) is 21.7. The van der Waals surface area contributed by atoms with Gasteiger partial charge < -0.3 is 10.1 Å². The molecule has 1 unspecified atom stereocenters. The van der Waals surface area contributed by atoms with Gasteiger partial charge in [0.2, 0.25) is 0 Å². The third kappa shape index (κ3) is 3.02. The van der Waals surface area contributed by atoms with Crippen LogP contribution in [0.25, 0.3) is 10.8 Å². The first-order valence-corrected chi connectivity index (χ1v) is 10.3. The van der Waals surface area contributed by atoms with Crippen molar-refractivity contribution in [3.63, 3.8) is 0 Å². The second kappa shape index (κ2) is 6.69. The largest absolute Gasteiger partial charge is 0.487 e. The molecule has 2 nitrogen and oxygen atoms in total. The lowest BCUT2D eigenvalue weighted by atomic mass is 9.85. The molecule has 1 aliphatic heterocycles. The maximum atomic E-state index is 6.53. The Morgan fingerprint density at radius 2 is 1.67 bits per heavy atom. The molecule has 1 N–H and O–H groups in total. The van der Waals surface area contributed by atoms with Crippen molar-refractivity contribution in [3.8, 4) is 5.75 Å². The van der Waals surface area contributed by atoms with Crippen molar-refractivity contribution in [1.82, 2.24) is 5.32 Å². The molecule has 0 aromatic heterocycles. The lowest BCUT2D eigenvalue weighted by molar-refractivity contribution is 0.0351. The number of ether oxygens (including phenoxy) is 1. The summed E-state index contributed by atoms with van der Waals surface area (Å²) in [4.78, 5) is 0. The van der Waals surface area contributed by atoms with Crippen LogP contribution in [0.15, 0.2) is 66.7 Å². The van der Waals surface area contributed by atoms with Gasteiger partial charge in [-0.25, -0.2) is 0 Å². The highest BCUT2D eigenvalue weighted by molar-refractivity contribution is 5.86. The molecule has 3 aromatic rings. The summed E-state index contributed by atoms with van der Waals surface area (Å²) in [6.45, 7) is 2.29. The highest BCUT2D eigenvalue weighted by Crippen LogP contribution is 2.47. The van der Waals surface area contributed by atoms with Gasteiger partial charge in [-0.15, -0.1) is 0 Å². The molecule has 1 heterocycles. The number of hydrogen-bond acceptors (Lipinski definition) is 2. The van der Waals surface area contributed by atoms with E-state index >= 15 is 0 Å². The van der Waals surface area contributed by atoms with Gasteiger partial charge in [-0.2, -0.15) is 0 Å². The molecule has 1 fully saturated rings. The zero-order chi connectivity index (χ0) is 18.3. The van der Waals surface area contributed by atoms with Crippen LogP contribution >= 0.6 is 0 Å². The molecule has 0 radical (unpaired) electrons. The number of rotatable bonds is 3. The highest BCUT2D eigenvalue weighted by atomic mass is 16.5. The summed E-state index contributed by atoms with van der Waals surface area (Å²) >= 11 is 0. The Morgan fingerprint density at radius 1 is 0.926 bits per heavy atom. The summed E-state index contributed by atoms with van der Waals surface area (Å²) in [5.41, 5.74) is 2.71. The highest BCUT2D eigenvalue weighted by Gasteiger charge is 2.43. The van der Waals surface area contributed by atoms with E-state index in [-0.39, 0.29) is 11.6 Å². The Bertz CT molecular complexity index is 952. The number of fused-ring (bicyclic) bond motifs is 2. The number of para-hydroxylation sites is 1. The molecule has 2 heteroatoms. The van der Waals surface area contributed by atoms with Crippen LogP contribution in [0.4, 0.5) is 0 Å². The summed E-state index contributed by atoms with van der Waals surface area (Å²) in [6, 6.07) is 24.5. The predicted molar refractivity (Wildman–Crippen MR) is 111 cm³/mol. The van der Waals surface area contributed by atoms with E-state index in [2.05, 4.69) is 79.0 Å². The third-order valence-electron chi connectivity index (χ3n) is 6.45. The second-order valence-electron chi connectivity index (χ2n) is 8.24. The van der Waals surface area contributed by atoms with Crippen molar-refractivity contribution in [2.45, 2.75) is 56.7 Å². The van der Waals surface area contributed by atoms with E-state index in [0.717, 1.165) is 12.2 Å². The number of hydrogen-bond donors (Lipinski definition) is 1. The van der Waals surface area contributed by atoms with Gasteiger partial charge in [-0.05, 0) is 55.0 Å². The van der Waals surface area contributed by atoms with Crippen molar-refractivity contribution >= 4 is 10.8 Å². The van der Waals surface area contributed by atoms with E-state index in [0.29, 0.717) is 6.04 Å². The topological polar surface area (TPSA) is 21.3 Å². The maximum Gasteiger partial charge on any atom is 0.124 e. The van der Waals surface area contributed by atoms with Gasteiger partial charge in [-0.3, -0.25) is 0 Å². The molecule has 1 spiro atoms. The fraction of sp³-hybridized carbons (Fsp3) is 0.360. The minimum absolute atomic E-state index is 0.0322. The molecular formula is C25H27NO. The number of nitrogens with one attached hydrogen (secondary N) is 1. The monoisotopic (exact) mass is 357 g/mol. The zero-order valence-corrected chi connectivity index (χ0v) is 15.9. The van der Waals surface area contributed by atoms with Gasteiger partial charge in [0.15, 0.2) is 0 Å². The molecule has 27 heavy (non-hydrogen) atoms. The lowest BCUT2D eigenvalue weighted by Crippen LogP contribution is -2.42. The van der Waals surface area contributed by atoms with Gasteiger partial charge in [0.25, 0.3) is 0 Å². The Kier molecular flexibility index (Phi) is 4.17. The number of benzene rings is 3. The Morgan fingerprint density at radius 3 is 2.56 bits per heavy atom. The standard InChI is InChI=1S/C25H27NO/c1-18(20-13-8-10-19-9-2-3-11-21(19)20)26-23-17-25(15-6-7-16-25)27-24-14-5-4-12-22(23)24/h2-5,8-14,18,23,26H,6-7,15-17H2,1H3/t18?,23-/m0/s1. The van der Waals surface area contributed by atoms with Crippen LogP contribution in [0.2, 0.25) is 0 Å². The summed E-state index contributed by atoms with van der Waals surface area (Å²) in [5, 5.41) is 6.61. The third-order valence-corrected chi connectivity index (χ3v) is 6.45. The van der Waals surface area contributed by atoms with Crippen LogP contribution in [-0.4, -0.2) is 5.60 Å². The average Bonchev–Trinajstić information content (AvgIpc) is 3.14. The van der Waals surface area contributed by atoms with Gasteiger partial charge in [-0.1, -0.05) is 60.7 Å². The van der Waals surface area contributed by atoms with Crippen molar-refractivity contribution in [1.29, 1.82) is 0 Å². The minimum Gasteiger partial charge on any atom is -0.487 e. The lowest BCUT2D eigenvalue weighted by Gasteiger charge is -2.41. The molecule has 2 aliphatic rings. The fourth-order valence-electron chi connectivity index (χ4n) is 5.11.